The number of nitrogens with zero attached hydrogens (tertiary/aromatic N) is 5. The Balaban J connectivity index is 1.57. The summed E-state index contributed by atoms with van der Waals surface area (Å²) in [6.45, 7) is 5.09. The molecule has 2 N–H and O–H groups in total. The second-order valence-corrected chi connectivity index (χ2v) is 6.25. The van der Waals surface area contributed by atoms with Gasteiger partial charge in [-0.3, -0.25) is 4.68 Å². The third-order valence-electron chi connectivity index (χ3n) is 4.42. The number of ether oxygens (including phenoxy) is 1. The van der Waals surface area contributed by atoms with Gasteiger partial charge in [0.05, 0.1) is 24.1 Å². The summed E-state index contributed by atoms with van der Waals surface area (Å²) in [7, 11) is 1.92. The first kappa shape index (κ1) is 17.0. The van der Waals surface area contributed by atoms with Crippen molar-refractivity contribution < 1.29 is 4.74 Å². The number of H-pyrrole nitrogens is 1. The first-order valence-electron chi connectivity index (χ1n) is 8.77. The molecule has 0 unspecified atom stereocenters. The molecule has 8 nitrogen and oxygen atoms in total. The molecule has 0 fully saturated rings. The molecule has 4 aromatic rings. The zero-order chi connectivity index (χ0) is 18.8. The number of aromatic amines is 1. The van der Waals surface area contributed by atoms with Gasteiger partial charge in [-0.1, -0.05) is 18.2 Å². The van der Waals surface area contributed by atoms with Gasteiger partial charge >= 0.3 is 0 Å². The van der Waals surface area contributed by atoms with Crippen LogP contribution in [0.15, 0.2) is 36.7 Å². The summed E-state index contributed by atoms with van der Waals surface area (Å²) < 4.78 is 7.57. The number of hydrogen-bond donors (Lipinski definition) is 2. The summed E-state index contributed by atoms with van der Waals surface area (Å²) in [5, 5.41) is 7.79. The van der Waals surface area contributed by atoms with Crippen LogP contribution in [0, 0.1) is 13.8 Å². The van der Waals surface area contributed by atoms with Crippen molar-refractivity contribution in [3.63, 3.8) is 0 Å². The van der Waals surface area contributed by atoms with Crippen molar-refractivity contribution in [3.05, 3.63) is 48.0 Å². The average molecular weight is 363 g/mol. The molecule has 0 atom stereocenters. The highest BCUT2D eigenvalue weighted by atomic mass is 16.5. The fourth-order valence-electron chi connectivity index (χ4n) is 3.03. The van der Waals surface area contributed by atoms with Gasteiger partial charge < -0.3 is 15.0 Å². The number of aryl methyl sites for hydroxylation is 2. The van der Waals surface area contributed by atoms with E-state index in [-0.39, 0.29) is 0 Å². The van der Waals surface area contributed by atoms with E-state index in [2.05, 4.69) is 25.4 Å². The monoisotopic (exact) mass is 363 g/mol. The lowest BCUT2D eigenvalue weighted by atomic mass is 10.2. The van der Waals surface area contributed by atoms with E-state index < -0.39 is 0 Å². The van der Waals surface area contributed by atoms with Crippen LogP contribution < -0.4 is 10.1 Å². The van der Waals surface area contributed by atoms with E-state index in [4.69, 9.17) is 9.72 Å². The predicted octanol–water partition coefficient (Wildman–Crippen LogP) is 2.86. The molecule has 138 valence electrons. The number of rotatable bonds is 6. The fourth-order valence-corrected chi connectivity index (χ4v) is 3.03. The van der Waals surface area contributed by atoms with Gasteiger partial charge in [-0.15, -0.1) is 0 Å². The van der Waals surface area contributed by atoms with E-state index in [9.17, 15) is 0 Å². The van der Waals surface area contributed by atoms with Gasteiger partial charge in [0.25, 0.3) is 0 Å². The molecule has 27 heavy (non-hydrogen) atoms. The van der Waals surface area contributed by atoms with Crippen LogP contribution in [0.3, 0.4) is 0 Å². The van der Waals surface area contributed by atoms with Gasteiger partial charge in [0.15, 0.2) is 17.3 Å². The Bertz CT molecular complexity index is 1070. The van der Waals surface area contributed by atoms with Crippen LogP contribution in [-0.2, 0) is 7.05 Å². The Labute approximate surface area is 156 Å². The van der Waals surface area contributed by atoms with Gasteiger partial charge in [0.2, 0.25) is 0 Å². The van der Waals surface area contributed by atoms with Gasteiger partial charge in [-0.2, -0.15) is 5.10 Å². The maximum Gasteiger partial charge on any atom is 0.183 e. The summed E-state index contributed by atoms with van der Waals surface area (Å²) in [4.78, 5) is 16.7. The van der Waals surface area contributed by atoms with E-state index in [1.165, 1.54) is 0 Å². The highest BCUT2D eigenvalue weighted by molar-refractivity contribution is 5.85. The first-order chi connectivity index (χ1) is 13.1. The van der Waals surface area contributed by atoms with Gasteiger partial charge in [0, 0.05) is 12.7 Å². The quantitative estimate of drug-likeness (QED) is 0.512. The minimum Gasteiger partial charge on any atom is -0.492 e. The Morgan fingerprint density at radius 3 is 2.70 bits per heavy atom. The van der Waals surface area contributed by atoms with Crippen molar-refractivity contribution in [2.75, 3.05) is 18.5 Å². The lowest BCUT2D eigenvalue weighted by Crippen LogP contribution is -2.13. The molecule has 3 heterocycles. The number of aromatic nitrogens is 6. The third kappa shape index (κ3) is 3.33. The fraction of sp³-hybridized carbons (Fsp3) is 0.263. The lowest BCUT2D eigenvalue weighted by Gasteiger charge is -2.10. The van der Waals surface area contributed by atoms with Crippen LogP contribution in [0.4, 0.5) is 5.82 Å². The van der Waals surface area contributed by atoms with Crippen LogP contribution in [0.5, 0.6) is 5.75 Å². The second kappa shape index (κ2) is 7.06. The Morgan fingerprint density at radius 1 is 1.15 bits per heavy atom. The van der Waals surface area contributed by atoms with Crippen molar-refractivity contribution in [1.82, 2.24) is 29.7 Å². The molecular weight excluding hydrogens is 342 g/mol. The van der Waals surface area contributed by atoms with E-state index in [0.29, 0.717) is 30.4 Å². The van der Waals surface area contributed by atoms with E-state index >= 15 is 0 Å². The molecular formula is C19H21N7O. The summed E-state index contributed by atoms with van der Waals surface area (Å²) in [5.41, 5.74) is 4.24. The van der Waals surface area contributed by atoms with E-state index in [1.54, 1.807) is 6.33 Å². The van der Waals surface area contributed by atoms with E-state index in [0.717, 1.165) is 28.2 Å². The van der Waals surface area contributed by atoms with Crippen LogP contribution >= 0.6 is 0 Å². The molecule has 1 aromatic carbocycles. The minimum atomic E-state index is 0.518. The Hall–Kier alpha value is -3.42. The molecule has 0 saturated heterocycles. The SMILES string of the molecule is Cc1nn(C)c(C)c1-c1nc(NCCOc2ccccc2)c2[nH]cnc2n1. The molecule has 0 saturated carbocycles. The van der Waals surface area contributed by atoms with Crippen LogP contribution in [0.1, 0.15) is 11.4 Å². The maximum absolute atomic E-state index is 5.73. The molecule has 0 aliphatic heterocycles. The van der Waals surface area contributed by atoms with Crippen molar-refractivity contribution in [1.29, 1.82) is 0 Å². The molecule has 4 rings (SSSR count). The van der Waals surface area contributed by atoms with Crippen molar-refractivity contribution in [2.24, 2.45) is 7.05 Å². The normalized spacial score (nSPS) is 11.1. The Morgan fingerprint density at radius 2 is 1.96 bits per heavy atom. The second-order valence-electron chi connectivity index (χ2n) is 6.25. The number of imidazole rings is 1. The maximum atomic E-state index is 5.73. The van der Waals surface area contributed by atoms with Crippen molar-refractivity contribution in [3.8, 4) is 17.1 Å². The summed E-state index contributed by atoms with van der Waals surface area (Å²) in [6.07, 6.45) is 1.62. The molecule has 0 aliphatic carbocycles. The summed E-state index contributed by atoms with van der Waals surface area (Å²) in [6, 6.07) is 9.73. The number of hydrogen-bond acceptors (Lipinski definition) is 6. The average Bonchev–Trinajstić information content (AvgIpc) is 3.24. The third-order valence-corrected chi connectivity index (χ3v) is 4.42. The predicted molar refractivity (Wildman–Crippen MR) is 104 cm³/mol. The molecule has 0 amide bonds. The Kier molecular flexibility index (Phi) is 4.45. The zero-order valence-electron chi connectivity index (χ0n) is 15.5. The minimum absolute atomic E-state index is 0.518. The molecule has 0 aliphatic rings. The largest absolute Gasteiger partial charge is 0.492 e. The zero-order valence-corrected chi connectivity index (χ0v) is 15.5. The van der Waals surface area contributed by atoms with Gasteiger partial charge in [0.1, 0.15) is 17.9 Å². The van der Waals surface area contributed by atoms with Gasteiger partial charge in [-0.25, -0.2) is 15.0 Å². The smallest absolute Gasteiger partial charge is 0.183 e. The van der Waals surface area contributed by atoms with Crippen molar-refractivity contribution in [2.45, 2.75) is 13.8 Å². The molecule has 0 bridgehead atoms. The van der Waals surface area contributed by atoms with Crippen LogP contribution in [0.25, 0.3) is 22.6 Å². The summed E-state index contributed by atoms with van der Waals surface area (Å²) >= 11 is 0. The van der Waals surface area contributed by atoms with Crippen molar-refractivity contribution >= 4 is 17.0 Å². The van der Waals surface area contributed by atoms with Crippen LogP contribution in [0.2, 0.25) is 0 Å². The lowest BCUT2D eigenvalue weighted by molar-refractivity contribution is 0.333. The molecule has 0 radical (unpaired) electrons. The molecule has 8 heteroatoms. The molecule has 3 aromatic heterocycles. The summed E-state index contributed by atoms with van der Waals surface area (Å²) in [5.74, 6) is 2.16. The molecule has 0 spiro atoms. The number of benzene rings is 1. The number of anilines is 1. The number of nitrogens with one attached hydrogen (secondary N) is 2. The topological polar surface area (TPSA) is 93.5 Å². The van der Waals surface area contributed by atoms with Crippen LogP contribution in [-0.4, -0.2) is 42.9 Å². The highest BCUT2D eigenvalue weighted by Crippen LogP contribution is 2.27. The first-order valence-corrected chi connectivity index (χ1v) is 8.77. The standard InChI is InChI=1S/C19H21N7O/c1-12-15(13(2)26(3)25-12)17-23-18(16-19(24-17)22-11-21-16)20-9-10-27-14-7-5-4-6-8-14/h4-8,11H,9-10H2,1-3H3,(H2,20,21,22,23,24). The number of fused-ring (bicyclic) bond motifs is 1. The van der Waals surface area contributed by atoms with Gasteiger partial charge in [-0.05, 0) is 26.0 Å². The number of para-hydroxylation sites is 1. The van der Waals surface area contributed by atoms with E-state index in [1.807, 2.05) is 55.9 Å². The highest BCUT2D eigenvalue weighted by Gasteiger charge is 2.18.